The molecule has 2 atom stereocenters. The van der Waals surface area contributed by atoms with Crippen LogP contribution in [0.15, 0.2) is 170 Å². The molecule has 0 radical (unpaired) electrons. The monoisotopic (exact) mass is 604 g/mol. The number of fused-ring (bicyclic) bond motifs is 6. The van der Waals surface area contributed by atoms with Gasteiger partial charge in [-0.05, 0) is 99.6 Å². The van der Waals surface area contributed by atoms with E-state index in [4.69, 9.17) is 0 Å². The number of para-hydroxylation sites is 2. The normalized spacial score (nSPS) is 18.0. The zero-order valence-electron chi connectivity index (χ0n) is 26.7. The van der Waals surface area contributed by atoms with Crippen molar-refractivity contribution in [2.45, 2.75) is 31.2 Å². The van der Waals surface area contributed by atoms with Gasteiger partial charge in [0.15, 0.2) is 0 Å². The van der Waals surface area contributed by atoms with Gasteiger partial charge in [-0.3, -0.25) is 0 Å². The number of allylic oxidation sites excluding steroid dienone is 2. The Labute approximate surface area is 277 Å². The van der Waals surface area contributed by atoms with Crippen molar-refractivity contribution in [3.63, 3.8) is 0 Å². The Balaban J connectivity index is 1.09. The van der Waals surface area contributed by atoms with Crippen molar-refractivity contribution >= 4 is 28.4 Å². The van der Waals surface area contributed by atoms with Gasteiger partial charge in [-0.15, -0.1) is 0 Å². The zero-order valence-corrected chi connectivity index (χ0v) is 26.7. The standard InChI is InChI=1S/C45H36N2/c1-45(2)41-19-11-9-17-37(41)38-27-26-36(30-42(38)45)46(33-13-5-3-6-14-33)35-24-21-31(22-25-35)32-23-28-44-40(29-32)39-18-10-12-20-43(39)47(44)34-15-7-4-8-16-34/h3-30,39,43H,1-2H3. The van der Waals surface area contributed by atoms with Crippen LogP contribution in [0.4, 0.5) is 28.4 Å². The van der Waals surface area contributed by atoms with Gasteiger partial charge in [0.05, 0.1) is 6.04 Å². The fraction of sp³-hybridized carbons (Fsp3) is 0.111. The Bertz CT molecular complexity index is 2170. The maximum absolute atomic E-state index is 2.49. The van der Waals surface area contributed by atoms with Gasteiger partial charge in [0.1, 0.15) is 0 Å². The van der Waals surface area contributed by atoms with E-state index in [-0.39, 0.29) is 5.41 Å². The molecule has 0 spiro atoms. The fourth-order valence-corrected chi connectivity index (χ4v) is 8.07. The molecule has 3 aliphatic rings. The molecule has 0 saturated heterocycles. The average Bonchev–Trinajstić information content (AvgIpc) is 3.58. The van der Waals surface area contributed by atoms with Crippen molar-refractivity contribution < 1.29 is 0 Å². The topological polar surface area (TPSA) is 6.48 Å². The Kier molecular flexibility index (Phi) is 6.33. The first-order chi connectivity index (χ1) is 23.1. The minimum Gasteiger partial charge on any atom is -0.333 e. The molecule has 0 aromatic heterocycles. The Morgan fingerprint density at radius 2 is 1.17 bits per heavy atom. The highest BCUT2D eigenvalue weighted by atomic mass is 15.2. The molecule has 0 N–H and O–H groups in total. The predicted molar refractivity (Wildman–Crippen MR) is 198 cm³/mol. The molecule has 6 aromatic carbocycles. The molecule has 0 fully saturated rings. The van der Waals surface area contributed by atoms with Crippen molar-refractivity contribution in [1.82, 2.24) is 0 Å². The van der Waals surface area contributed by atoms with Gasteiger partial charge in [0, 0.05) is 39.8 Å². The van der Waals surface area contributed by atoms with Crippen LogP contribution in [0.2, 0.25) is 0 Å². The van der Waals surface area contributed by atoms with Crippen LogP contribution in [0.5, 0.6) is 0 Å². The minimum absolute atomic E-state index is 0.0554. The summed E-state index contributed by atoms with van der Waals surface area (Å²) < 4.78 is 0. The summed E-state index contributed by atoms with van der Waals surface area (Å²) in [5, 5.41) is 0. The van der Waals surface area contributed by atoms with E-state index in [0.717, 1.165) is 11.4 Å². The first-order valence-corrected chi connectivity index (χ1v) is 16.6. The fourth-order valence-electron chi connectivity index (χ4n) is 8.07. The van der Waals surface area contributed by atoms with Crippen molar-refractivity contribution in [3.8, 4) is 22.3 Å². The van der Waals surface area contributed by atoms with Crippen molar-refractivity contribution in [3.05, 3.63) is 187 Å². The number of rotatable bonds is 5. The molecule has 2 nitrogen and oxygen atoms in total. The lowest BCUT2D eigenvalue weighted by Gasteiger charge is -2.28. The summed E-state index contributed by atoms with van der Waals surface area (Å²) in [5.41, 5.74) is 15.2. The van der Waals surface area contributed by atoms with Gasteiger partial charge in [0.25, 0.3) is 0 Å². The van der Waals surface area contributed by atoms with E-state index in [2.05, 4.69) is 194 Å². The van der Waals surface area contributed by atoms with Gasteiger partial charge in [-0.2, -0.15) is 0 Å². The molecule has 9 rings (SSSR count). The highest BCUT2D eigenvalue weighted by Gasteiger charge is 2.38. The number of nitrogens with zero attached hydrogens (tertiary/aromatic N) is 2. The smallest absolute Gasteiger partial charge is 0.0629 e. The SMILES string of the molecule is CC1(C)c2ccccc2-c2ccc(N(c3ccccc3)c3ccc(-c4ccc5c(c4)C4C=CC=CC4N5c4ccccc4)cc3)cc21. The molecule has 2 aliphatic carbocycles. The second-order valence-electron chi connectivity index (χ2n) is 13.4. The molecule has 2 heteroatoms. The van der Waals surface area contributed by atoms with Crippen LogP contribution >= 0.6 is 0 Å². The predicted octanol–water partition coefficient (Wildman–Crippen LogP) is 11.9. The van der Waals surface area contributed by atoms with Gasteiger partial charge in [0.2, 0.25) is 0 Å². The quantitative estimate of drug-likeness (QED) is 0.193. The second kappa shape index (κ2) is 10.7. The molecule has 47 heavy (non-hydrogen) atoms. The molecular weight excluding hydrogens is 569 g/mol. The van der Waals surface area contributed by atoms with E-state index in [1.807, 2.05) is 0 Å². The summed E-state index contributed by atoms with van der Waals surface area (Å²) in [4.78, 5) is 4.87. The third kappa shape index (κ3) is 4.40. The summed E-state index contributed by atoms with van der Waals surface area (Å²) in [7, 11) is 0. The first-order valence-electron chi connectivity index (χ1n) is 16.6. The van der Waals surface area contributed by atoms with Gasteiger partial charge in [-0.25, -0.2) is 0 Å². The summed E-state index contributed by atoms with van der Waals surface area (Å²) in [6.45, 7) is 4.70. The van der Waals surface area contributed by atoms with Crippen molar-refractivity contribution in [2.24, 2.45) is 0 Å². The maximum Gasteiger partial charge on any atom is 0.0629 e. The minimum atomic E-state index is -0.0554. The molecule has 0 saturated carbocycles. The lowest BCUT2D eigenvalue weighted by molar-refractivity contribution is 0.660. The number of anilines is 5. The van der Waals surface area contributed by atoms with Crippen LogP contribution < -0.4 is 9.80 Å². The summed E-state index contributed by atoms with van der Waals surface area (Å²) in [5.74, 6) is 0.332. The van der Waals surface area contributed by atoms with Gasteiger partial charge >= 0.3 is 0 Å². The Morgan fingerprint density at radius 3 is 1.98 bits per heavy atom. The molecule has 2 unspecified atom stereocenters. The van der Waals surface area contributed by atoms with Crippen LogP contribution in [0.1, 0.15) is 36.5 Å². The van der Waals surface area contributed by atoms with Crippen LogP contribution in [-0.4, -0.2) is 6.04 Å². The average molecular weight is 605 g/mol. The number of hydrogen-bond donors (Lipinski definition) is 0. The summed E-state index contributed by atoms with van der Waals surface area (Å²) in [6.07, 6.45) is 9.07. The third-order valence-corrected chi connectivity index (χ3v) is 10.4. The summed E-state index contributed by atoms with van der Waals surface area (Å²) >= 11 is 0. The van der Waals surface area contributed by atoms with E-state index in [1.54, 1.807) is 0 Å². The van der Waals surface area contributed by atoms with Crippen LogP contribution in [0.3, 0.4) is 0 Å². The zero-order chi connectivity index (χ0) is 31.5. The first kappa shape index (κ1) is 27.7. The summed E-state index contributed by atoms with van der Waals surface area (Å²) in [6, 6.07) is 53.7. The largest absolute Gasteiger partial charge is 0.333 e. The molecule has 0 bridgehead atoms. The highest BCUT2D eigenvalue weighted by Crippen LogP contribution is 2.51. The molecule has 1 aliphatic heterocycles. The van der Waals surface area contributed by atoms with Gasteiger partial charge in [-0.1, -0.05) is 123 Å². The van der Waals surface area contributed by atoms with Crippen LogP contribution in [0.25, 0.3) is 22.3 Å². The Hall–Kier alpha value is -5.60. The third-order valence-electron chi connectivity index (χ3n) is 10.4. The van der Waals surface area contributed by atoms with Crippen molar-refractivity contribution in [2.75, 3.05) is 9.80 Å². The van der Waals surface area contributed by atoms with Crippen molar-refractivity contribution in [1.29, 1.82) is 0 Å². The number of hydrogen-bond acceptors (Lipinski definition) is 2. The van der Waals surface area contributed by atoms with E-state index >= 15 is 0 Å². The maximum atomic E-state index is 2.49. The molecule has 1 heterocycles. The molecule has 0 amide bonds. The second-order valence-corrected chi connectivity index (χ2v) is 13.4. The molecular formula is C45H36N2. The number of benzene rings is 6. The van der Waals surface area contributed by atoms with E-state index < -0.39 is 0 Å². The lowest BCUT2D eigenvalue weighted by Crippen LogP contribution is -2.28. The Morgan fingerprint density at radius 1 is 0.532 bits per heavy atom. The highest BCUT2D eigenvalue weighted by molar-refractivity contribution is 5.86. The van der Waals surface area contributed by atoms with Crippen LogP contribution in [-0.2, 0) is 5.41 Å². The van der Waals surface area contributed by atoms with E-state index in [9.17, 15) is 0 Å². The van der Waals surface area contributed by atoms with E-state index in [1.165, 1.54) is 56.0 Å². The molecule has 6 aromatic rings. The van der Waals surface area contributed by atoms with Gasteiger partial charge < -0.3 is 9.80 Å². The molecule has 226 valence electrons. The van der Waals surface area contributed by atoms with Crippen LogP contribution in [0, 0.1) is 0 Å². The van der Waals surface area contributed by atoms with E-state index in [0.29, 0.717) is 12.0 Å². The lowest BCUT2D eigenvalue weighted by atomic mass is 9.82.